The van der Waals surface area contributed by atoms with E-state index < -0.39 is 35.2 Å². The molecule has 1 aromatic heterocycles. The largest absolute Gasteiger partial charge is 1.00 e. The van der Waals surface area contributed by atoms with E-state index in [1.807, 2.05) is 0 Å². The maximum Gasteiger partial charge on any atom is 1.00 e. The Balaban J connectivity index is 0.00000341. The normalized spacial score (nSPS) is 20.3. The molecule has 2 aliphatic rings. The van der Waals surface area contributed by atoms with Crippen LogP contribution >= 0.6 is 23.1 Å². The van der Waals surface area contributed by atoms with Crippen LogP contribution in [0.25, 0.3) is 0 Å². The number of carbonyl (C=O) groups excluding carboxylic acids is 4. The van der Waals surface area contributed by atoms with Crippen LogP contribution in [0.2, 0.25) is 0 Å². The molecule has 31 heavy (non-hydrogen) atoms. The molecule has 0 aromatic carbocycles. The Hall–Kier alpha value is -2.13. The summed E-state index contributed by atoms with van der Waals surface area (Å²) in [5, 5.41) is 18.8. The molecule has 2 atom stereocenters. The molecule has 3 rings (SSSR count). The number of oxime groups is 1. The smallest absolute Gasteiger partial charge is 0.543 e. The van der Waals surface area contributed by atoms with Gasteiger partial charge in [0.2, 0.25) is 0 Å². The first-order valence-electron chi connectivity index (χ1n) is 8.39. The van der Waals surface area contributed by atoms with Crippen LogP contribution in [-0.2, 0) is 28.8 Å². The van der Waals surface area contributed by atoms with Gasteiger partial charge in [0, 0.05) is 23.6 Å². The van der Waals surface area contributed by atoms with Gasteiger partial charge in [-0.3, -0.25) is 19.3 Å². The number of carboxylic acids is 1. The number of thioether (sulfide) groups is 1. The minimum absolute atomic E-state index is 0. The van der Waals surface area contributed by atoms with E-state index >= 15 is 0 Å². The third-order valence-electron chi connectivity index (χ3n) is 4.14. The van der Waals surface area contributed by atoms with E-state index in [9.17, 15) is 24.3 Å². The van der Waals surface area contributed by atoms with Crippen molar-refractivity contribution >= 4 is 57.7 Å². The minimum atomic E-state index is -1.57. The van der Waals surface area contributed by atoms with Crippen molar-refractivity contribution in [2.75, 3.05) is 25.2 Å². The van der Waals surface area contributed by atoms with Crippen LogP contribution in [0.3, 0.4) is 0 Å². The molecule has 2 aliphatic heterocycles. The summed E-state index contributed by atoms with van der Waals surface area (Å²) in [6, 6.07) is -0.995. The molecule has 1 saturated heterocycles. The summed E-state index contributed by atoms with van der Waals surface area (Å²) in [6.45, 7) is 0.919. The summed E-state index contributed by atoms with van der Waals surface area (Å²) >= 11 is 2.32. The quantitative estimate of drug-likeness (QED) is 0.127. The number of carboxylic acid groups (broad SMARTS) is 1. The number of thiazole rings is 1. The van der Waals surface area contributed by atoms with Crippen molar-refractivity contribution < 1.29 is 63.4 Å². The predicted octanol–water partition coefficient (Wildman–Crippen LogP) is -4.95. The monoisotopic (exact) mass is 477 g/mol. The summed E-state index contributed by atoms with van der Waals surface area (Å²) in [6.07, 6.45) is 0. The van der Waals surface area contributed by atoms with Crippen molar-refractivity contribution in [3.05, 3.63) is 22.3 Å². The number of rotatable bonds is 7. The number of nitrogens with zero attached hydrogens (tertiary/aromatic N) is 3. The second kappa shape index (κ2) is 10.5. The number of fused-ring (bicyclic) bond motifs is 1. The number of esters is 1. The Kier molecular flexibility index (Phi) is 8.48. The van der Waals surface area contributed by atoms with Crippen molar-refractivity contribution in [2.45, 2.75) is 18.3 Å². The Bertz CT molecular complexity index is 979. The molecule has 12 nitrogen and oxygen atoms in total. The summed E-state index contributed by atoms with van der Waals surface area (Å²) in [5.74, 6) is -3.35. The van der Waals surface area contributed by atoms with Gasteiger partial charge >= 0.3 is 35.5 Å². The van der Waals surface area contributed by atoms with E-state index in [2.05, 4.69) is 20.3 Å². The molecule has 0 bridgehead atoms. The number of anilines is 1. The van der Waals surface area contributed by atoms with Crippen LogP contribution in [-0.4, -0.2) is 70.2 Å². The maximum atomic E-state index is 12.6. The van der Waals surface area contributed by atoms with Gasteiger partial charge < -0.3 is 30.5 Å². The number of β-lactam (4-membered cyclic amide) rings is 1. The van der Waals surface area contributed by atoms with Gasteiger partial charge in [-0.15, -0.1) is 23.1 Å². The molecule has 0 unspecified atom stereocenters. The van der Waals surface area contributed by atoms with Crippen LogP contribution in [0.1, 0.15) is 12.6 Å². The van der Waals surface area contributed by atoms with Crippen molar-refractivity contribution in [3.63, 3.8) is 0 Å². The molecular formula is C16H16N5NaO7S2. The number of carbonyl (C=O) groups is 4. The van der Waals surface area contributed by atoms with Gasteiger partial charge in [-0.25, -0.2) is 4.98 Å². The first kappa shape index (κ1) is 25.1. The summed E-state index contributed by atoms with van der Waals surface area (Å²) in [5.41, 5.74) is 5.46. The Morgan fingerprint density at radius 3 is 2.71 bits per heavy atom. The number of nitrogen functional groups attached to an aromatic ring is 1. The zero-order valence-corrected chi connectivity index (χ0v) is 20.4. The number of ether oxygens (including phenoxy) is 1. The first-order valence-corrected chi connectivity index (χ1v) is 10.3. The van der Waals surface area contributed by atoms with Crippen molar-refractivity contribution in [2.24, 2.45) is 5.16 Å². The first-order chi connectivity index (χ1) is 14.2. The summed E-state index contributed by atoms with van der Waals surface area (Å²) in [7, 11) is 1.25. The van der Waals surface area contributed by atoms with Gasteiger partial charge in [-0.2, -0.15) is 0 Å². The predicted molar refractivity (Wildman–Crippen MR) is 104 cm³/mol. The third kappa shape index (κ3) is 5.20. The zero-order valence-electron chi connectivity index (χ0n) is 16.7. The number of aromatic nitrogens is 1. The van der Waals surface area contributed by atoms with Gasteiger partial charge in [0.25, 0.3) is 11.8 Å². The Labute approximate surface area is 206 Å². The van der Waals surface area contributed by atoms with Crippen molar-refractivity contribution in [1.82, 2.24) is 15.2 Å². The molecule has 15 heteroatoms. The number of amides is 2. The van der Waals surface area contributed by atoms with E-state index in [1.165, 1.54) is 31.2 Å². The molecular weight excluding hydrogens is 461 g/mol. The van der Waals surface area contributed by atoms with Crippen molar-refractivity contribution in [1.29, 1.82) is 0 Å². The third-order valence-corrected chi connectivity index (χ3v) is 6.15. The maximum absolute atomic E-state index is 12.6. The number of aliphatic carboxylic acids is 1. The van der Waals surface area contributed by atoms with Crippen LogP contribution in [0.15, 0.2) is 21.8 Å². The molecule has 0 spiro atoms. The fourth-order valence-electron chi connectivity index (χ4n) is 2.87. The van der Waals surface area contributed by atoms with E-state index in [0.717, 1.165) is 16.2 Å². The summed E-state index contributed by atoms with van der Waals surface area (Å²) < 4.78 is 4.85. The topological polar surface area (TPSA) is 176 Å². The van der Waals surface area contributed by atoms with E-state index in [0.29, 0.717) is 0 Å². The van der Waals surface area contributed by atoms with Crippen molar-refractivity contribution in [3.8, 4) is 0 Å². The van der Waals surface area contributed by atoms with Gasteiger partial charge in [0.05, 0.1) is 11.7 Å². The van der Waals surface area contributed by atoms with Gasteiger partial charge in [-0.1, -0.05) is 5.16 Å². The Morgan fingerprint density at radius 1 is 1.45 bits per heavy atom. The molecule has 0 saturated carbocycles. The van der Waals surface area contributed by atoms with E-state index in [-0.39, 0.29) is 69.7 Å². The van der Waals surface area contributed by atoms with E-state index in [1.54, 1.807) is 0 Å². The molecule has 0 aliphatic carbocycles. The van der Waals surface area contributed by atoms with Crippen LogP contribution in [0.5, 0.6) is 0 Å². The number of nitrogens with two attached hydrogens (primary N) is 1. The fraction of sp³-hybridized carbons (Fsp3) is 0.375. The average molecular weight is 477 g/mol. The average Bonchev–Trinajstić information content (AvgIpc) is 3.13. The molecule has 3 heterocycles. The molecule has 1 fully saturated rings. The van der Waals surface area contributed by atoms with Gasteiger partial charge in [0.15, 0.2) is 10.8 Å². The van der Waals surface area contributed by atoms with Crippen LogP contribution in [0.4, 0.5) is 5.13 Å². The van der Waals surface area contributed by atoms with Gasteiger partial charge in [0.1, 0.15) is 30.8 Å². The van der Waals surface area contributed by atoms with Crippen LogP contribution in [0, 0.1) is 0 Å². The molecule has 3 N–H and O–H groups in total. The van der Waals surface area contributed by atoms with Gasteiger partial charge in [-0.05, 0) is 0 Å². The van der Waals surface area contributed by atoms with E-state index in [4.69, 9.17) is 10.5 Å². The number of hydrogen-bond donors (Lipinski definition) is 2. The second-order valence-electron chi connectivity index (χ2n) is 6.07. The number of hydrogen-bond acceptors (Lipinski definition) is 12. The summed E-state index contributed by atoms with van der Waals surface area (Å²) in [4.78, 5) is 57.5. The van der Waals surface area contributed by atoms with Crippen LogP contribution < -0.4 is 45.7 Å². The molecule has 0 radical (unpaired) electrons. The second-order valence-corrected chi connectivity index (χ2v) is 8.07. The molecule has 1 aromatic rings. The fourth-order valence-corrected chi connectivity index (χ4v) is 4.75. The minimum Gasteiger partial charge on any atom is -0.543 e. The standard InChI is InChI=1S/C16H17N5O7S2.Na/c1-6(22)28-3-7-4-29-14-10(13(24)21(14)11(7)15(25)26)19-12(23)9(20-27-2)8-5-30-16(17)18-8;/h5,10,14H,3-4H2,1-2H3,(H2,17,18)(H,19,23)(H,25,26);/q;+1/p-1/b20-9+;/t10-,14+;/m0./s1. The zero-order chi connectivity index (χ0) is 22.0. The molecule has 160 valence electrons. The molecule has 2 amide bonds. The SMILES string of the molecule is CO/N=C(/C(=O)N[C@H]1C(=O)N2C(C(=O)[O-])=C(COC(C)=O)CS[C@H]12)c1csc(N)n1.[Na+]. The Morgan fingerprint density at radius 2 is 2.16 bits per heavy atom. The number of nitrogens with one attached hydrogen (secondary N) is 1.